The lowest BCUT2D eigenvalue weighted by molar-refractivity contribution is 0.102. The zero-order valence-corrected chi connectivity index (χ0v) is 13.4. The van der Waals surface area contributed by atoms with Crippen molar-refractivity contribution in [3.8, 4) is 5.75 Å². The van der Waals surface area contributed by atoms with Gasteiger partial charge < -0.3 is 20.4 Å². The van der Waals surface area contributed by atoms with Crippen LogP contribution in [0.3, 0.4) is 0 Å². The van der Waals surface area contributed by atoms with E-state index >= 15 is 0 Å². The van der Waals surface area contributed by atoms with E-state index in [1.165, 1.54) is 6.20 Å². The van der Waals surface area contributed by atoms with Crippen LogP contribution >= 0.6 is 0 Å². The van der Waals surface area contributed by atoms with Gasteiger partial charge in [0.15, 0.2) is 0 Å². The maximum atomic E-state index is 12.7. The number of hydrogen-bond donors (Lipinski definition) is 2. The normalized spacial score (nSPS) is 10.6. The van der Waals surface area contributed by atoms with Gasteiger partial charge in [-0.1, -0.05) is 6.07 Å². The minimum atomic E-state index is -0.481. The van der Waals surface area contributed by atoms with Crippen LogP contribution in [0.15, 0.2) is 53.5 Å². The fourth-order valence-electron chi connectivity index (χ4n) is 2.59. The minimum Gasteiger partial charge on any atom is -0.497 e. The Morgan fingerprint density at radius 3 is 2.54 bits per heavy atom. The van der Waals surface area contributed by atoms with Gasteiger partial charge >= 0.3 is 0 Å². The van der Waals surface area contributed by atoms with E-state index in [1.807, 2.05) is 0 Å². The molecule has 6 heteroatoms. The predicted octanol–water partition coefficient (Wildman–Crippen LogP) is 2.38. The summed E-state index contributed by atoms with van der Waals surface area (Å²) in [6.07, 6.45) is 1.52. The van der Waals surface area contributed by atoms with E-state index in [0.29, 0.717) is 28.0 Å². The number of benzene rings is 2. The standard InChI is InChI=1S/C18H17N3O3/c1-21-10-13(17(22)16-14(19)4-3-5-15(16)21)18(23)20-11-6-8-12(24-2)9-7-11/h3-10H,19H2,1-2H3,(H,20,23). The second kappa shape index (κ2) is 6.08. The largest absolute Gasteiger partial charge is 0.497 e. The fraction of sp³-hybridized carbons (Fsp3) is 0.111. The lowest BCUT2D eigenvalue weighted by atomic mass is 10.1. The Bertz CT molecular complexity index is 975. The molecule has 1 aromatic heterocycles. The number of nitrogens with zero attached hydrogens (tertiary/aromatic N) is 1. The SMILES string of the molecule is COc1ccc(NC(=O)c2cn(C)c3cccc(N)c3c2=O)cc1. The van der Waals surface area contributed by atoms with E-state index in [4.69, 9.17) is 10.5 Å². The molecule has 0 aliphatic carbocycles. The second-order valence-corrected chi connectivity index (χ2v) is 5.41. The maximum absolute atomic E-state index is 12.7. The van der Waals surface area contributed by atoms with Gasteiger partial charge in [0.25, 0.3) is 5.91 Å². The molecule has 0 radical (unpaired) electrons. The third kappa shape index (κ3) is 2.69. The first kappa shape index (κ1) is 15.6. The molecule has 0 unspecified atom stereocenters. The van der Waals surface area contributed by atoms with E-state index in [2.05, 4.69) is 5.32 Å². The molecule has 24 heavy (non-hydrogen) atoms. The highest BCUT2D eigenvalue weighted by Crippen LogP contribution is 2.19. The van der Waals surface area contributed by atoms with Crippen molar-refractivity contribution in [2.45, 2.75) is 0 Å². The molecule has 3 aromatic rings. The number of carbonyl (C=O) groups excluding carboxylic acids is 1. The Morgan fingerprint density at radius 1 is 1.17 bits per heavy atom. The monoisotopic (exact) mass is 323 g/mol. The van der Waals surface area contributed by atoms with Gasteiger partial charge in [-0.15, -0.1) is 0 Å². The van der Waals surface area contributed by atoms with E-state index in [1.54, 1.807) is 61.2 Å². The number of nitrogen functional groups attached to an aromatic ring is 1. The fourth-order valence-corrected chi connectivity index (χ4v) is 2.59. The first-order valence-corrected chi connectivity index (χ1v) is 7.34. The third-order valence-electron chi connectivity index (χ3n) is 3.84. The molecule has 122 valence electrons. The molecule has 0 aliphatic rings. The van der Waals surface area contributed by atoms with Crippen molar-refractivity contribution in [3.05, 3.63) is 64.4 Å². The molecule has 0 atom stereocenters. The molecule has 0 spiro atoms. The van der Waals surface area contributed by atoms with Gasteiger partial charge in [-0.25, -0.2) is 0 Å². The molecule has 0 saturated carbocycles. The highest BCUT2D eigenvalue weighted by Gasteiger charge is 2.16. The molecule has 0 aliphatic heterocycles. The molecular formula is C18H17N3O3. The van der Waals surface area contributed by atoms with Gasteiger partial charge in [0.2, 0.25) is 5.43 Å². The van der Waals surface area contributed by atoms with Crippen molar-refractivity contribution in [1.82, 2.24) is 4.57 Å². The van der Waals surface area contributed by atoms with Gasteiger partial charge in [-0.05, 0) is 36.4 Å². The summed E-state index contributed by atoms with van der Waals surface area (Å²) < 4.78 is 6.79. The quantitative estimate of drug-likeness (QED) is 0.725. The number of fused-ring (bicyclic) bond motifs is 1. The Morgan fingerprint density at radius 2 is 1.88 bits per heavy atom. The molecule has 6 nitrogen and oxygen atoms in total. The average molecular weight is 323 g/mol. The van der Waals surface area contributed by atoms with Crippen molar-refractivity contribution in [3.63, 3.8) is 0 Å². The minimum absolute atomic E-state index is 0.0405. The summed E-state index contributed by atoms with van der Waals surface area (Å²) in [5.74, 6) is 0.202. The van der Waals surface area contributed by atoms with Crippen molar-refractivity contribution in [2.75, 3.05) is 18.2 Å². The number of nitrogens with one attached hydrogen (secondary N) is 1. The van der Waals surface area contributed by atoms with Crippen LogP contribution in [-0.2, 0) is 7.05 Å². The van der Waals surface area contributed by atoms with E-state index in [-0.39, 0.29) is 11.0 Å². The zero-order chi connectivity index (χ0) is 17.3. The van der Waals surface area contributed by atoms with Crippen molar-refractivity contribution < 1.29 is 9.53 Å². The van der Waals surface area contributed by atoms with Crippen molar-refractivity contribution in [1.29, 1.82) is 0 Å². The lowest BCUT2D eigenvalue weighted by Crippen LogP contribution is -2.24. The van der Waals surface area contributed by atoms with Crippen molar-refractivity contribution in [2.24, 2.45) is 7.05 Å². The van der Waals surface area contributed by atoms with Crippen molar-refractivity contribution >= 4 is 28.2 Å². The van der Waals surface area contributed by atoms with Gasteiger partial charge in [0.1, 0.15) is 11.3 Å². The number of carbonyl (C=O) groups is 1. The summed E-state index contributed by atoms with van der Waals surface area (Å²) in [4.78, 5) is 25.2. The molecule has 1 heterocycles. The Kier molecular flexibility index (Phi) is 3.95. The van der Waals surface area contributed by atoms with Crippen LogP contribution in [0.2, 0.25) is 0 Å². The topological polar surface area (TPSA) is 86.3 Å². The average Bonchev–Trinajstić information content (AvgIpc) is 2.58. The summed E-state index contributed by atoms with van der Waals surface area (Å²) in [5, 5.41) is 3.06. The maximum Gasteiger partial charge on any atom is 0.261 e. The molecule has 3 N–H and O–H groups in total. The predicted molar refractivity (Wildman–Crippen MR) is 94.5 cm³/mol. The number of anilines is 2. The van der Waals surface area contributed by atoms with Crippen LogP contribution in [0.5, 0.6) is 5.75 Å². The molecule has 0 bridgehead atoms. The zero-order valence-electron chi connectivity index (χ0n) is 13.4. The molecule has 2 aromatic carbocycles. The van der Waals surface area contributed by atoms with Gasteiger partial charge in [0.05, 0.1) is 18.0 Å². The second-order valence-electron chi connectivity index (χ2n) is 5.41. The molecule has 3 rings (SSSR count). The van der Waals surface area contributed by atoms with Gasteiger partial charge in [0, 0.05) is 24.6 Å². The summed E-state index contributed by atoms with van der Waals surface area (Å²) in [6, 6.07) is 12.1. The van der Waals surface area contributed by atoms with Crippen LogP contribution in [-0.4, -0.2) is 17.6 Å². The highest BCUT2D eigenvalue weighted by atomic mass is 16.5. The van der Waals surface area contributed by atoms with E-state index < -0.39 is 5.91 Å². The number of aromatic nitrogens is 1. The third-order valence-corrected chi connectivity index (χ3v) is 3.84. The van der Waals surface area contributed by atoms with E-state index in [0.717, 1.165) is 0 Å². The number of aryl methyl sites for hydroxylation is 1. The summed E-state index contributed by atoms with van der Waals surface area (Å²) in [5.41, 5.74) is 7.19. The van der Waals surface area contributed by atoms with Crippen LogP contribution in [0.25, 0.3) is 10.9 Å². The van der Waals surface area contributed by atoms with Crippen LogP contribution in [0, 0.1) is 0 Å². The number of ether oxygens (including phenoxy) is 1. The smallest absolute Gasteiger partial charge is 0.261 e. The Hall–Kier alpha value is -3.28. The number of rotatable bonds is 3. The number of methoxy groups -OCH3 is 1. The number of nitrogens with two attached hydrogens (primary N) is 1. The molecule has 1 amide bonds. The summed E-state index contributed by atoms with van der Waals surface area (Å²) in [6.45, 7) is 0. The molecule has 0 saturated heterocycles. The van der Waals surface area contributed by atoms with Crippen LogP contribution in [0.1, 0.15) is 10.4 Å². The number of hydrogen-bond acceptors (Lipinski definition) is 4. The van der Waals surface area contributed by atoms with Gasteiger partial charge in [-0.2, -0.15) is 0 Å². The van der Waals surface area contributed by atoms with Crippen LogP contribution < -0.4 is 21.2 Å². The van der Waals surface area contributed by atoms with Gasteiger partial charge in [-0.3, -0.25) is 9.59 Å². The molecular weight excluding hydrogens is 306 g/mol. The Balaban J connectivity index is 2.02. The van der Waals surface area contributed by atoms with Crippen LogP contribution in [0.4, 0.5) is 11.4 Å². The highest BCUT2D eigenvalue weighted by molar-refractivity contribution is 6.06. The first-order chi connectivity index (χ1) is 11.5. The van der Waals surface area contributed by atoms with E-state index in [9.17, 15) is 9.59 Å². The lowest BCUT2D eigenvalue weighted by Gasteiger charge is -2.11. The first-order valence-electron chi connectivity index (χ1n) is 7.34. The Labute approximate surface area is 138 Å². The summed E-state index contributed by atoms with van der Waals surface area (Å²) >= 11 is 0. The summed E-state index contributed by atoms with van der Waals surface area (Å²) in [7, 11) is 3.34. The number of amides is 1. The number of pyridine rings is 1. The molecule has 0 fully saturated rings.